The first kappa shape index (κ1) is 12.0. The van der Waals surface area contributed by atoms with Crippen LogP contribution in [0.25, 0.3) is 0 Å². The number of nitrogens with zero attached hydrogens (tertiary/aromatic N) is 2. The fraction of sp³-hybridized carbons (Fsp3) is 0.0909. The van der Waals surface area contributed by atoms with Gasteiger partial charge in [0, 0.05) is 11.1 Å². The highest BCUT2D eigenvalue weighted by Gasteiger charge is 2.04. The van der Waals surface area contributed by atoms with Crippen LogP contribution >= 0.6 is 23.2 Å². The van der Waals surface area contributed by atoms with Crippen LogP contribution in [0.2, 0.25) is 10.0 Å². The number of aromatic nitrogens is 2. The summed E-state index contributed by atoms with van der Waals surface area (Å²) in [4.78, 5) is 8.02. The number of hydrogen-bond acceptors (Lipinski definition) is 4. The molecule has 0 saturated carbocycles. The summed E-state index contributed by atoms with van der Waals surface area (Å²) < 4.78 is 5.46. The van der Waals surface area contributed by atoms with Crippen molar-refractivity contribution in [3.63, 3.8) is 0 Å². The lowest BCUT2D eigenvalue weighted by atomic mass is 10.3. The molecule has 88 valence electrons. The molecule has 0 spiro atoms. The van der Waals surface area contributed by atoms with Crippen LogP contribution in [0.1, 0.15) is 5.82 Å². The van der Waals surface area contributed by atoms with Crippen LogP contribution in [-0.2, 0) is 6.61 Å². The molecule has 0 unspecified atom stereocenters. The van der Waals surface area contributed by atoms with Crippen molar-refractivity contribution in [3.8, 4) is 5.75 Å². The minimum Gasteiger partial charge on any atom is -0.484 e. The molecule has 6 heteroatoms. The maximum Gasteiger partial charge on any atom is 0.166 e. The van der Waals surface area contributed by atoms with Gasteiger partial charge in [-0.25, -0.2) is 9.97 Å². The van der Waals surface area contributed by atoms with Crippen molar-refractivity contribution in [2.75, 3.05) is 5.73 Å². The molecule has 4 nitrogen and oxygen atoms in total. The van der Waals surface area contributed by atoms with Crippen molar-refractivity contribution >= 4 is 28.9 Å². The van der Waals surface area contributed by atoms with E-state index in [0.717, 1.165) is 0 Å². The lowest BCUT2D eigenvalue weighted by Gasteiger charge is -2.07. The van der Waals surface area contributed by atoms with E-state index in [2.05, 4.69) is 9.97 Å². The first-order valence-corrected chi connectivity index (χ1v) is 5.55. The van der Waals surface area contributed by atoms with Crippen LogP contribution in [-0.4, -0.2) is 9.97 Å². The third kappa shape index (κ3) is 3.22. The fourth-order valence-corrected chi connectivity index (χ4v) is 1.50. The number of rotatable bonds is 3. The second-order valence-corrected chi connectivity index (χ2v) is 4.14. The molecule has 0 saturated heterocycles. The highest BCUT2D eigenvalue weighted by atomic mass is 35.5. The van der Waals surface area contributed by atoms with Gasteiger partial charge in [-0.05, 0) is 12.1 Å². The largest absolute Gasteiger partial charge is 0.484 e. The number of ether oxygens (including phenoxy) is 1. The monoisotopic (exact) mass is 269 g/mol. The zero-order chi connectivity index (χ0) is 12.3. The Morgan fingerprint density at radius 3 is 2.59 bits per heavy atom. The maximum atomic E-state index is 5.94. The molecule has 1 aromatic heterocycles. The Morgan fingerprint density at radius 1 is 1.18 bits per heavy atom. The van der Waals surface area contributed by atoms with Crippen molar-refractivity contribution in [3.05, 3.63) is 46.5 Å². The van der Waals surface area contributed by atoms with Crippen LogP contribution in [0.5, 0.6) is 5.75 Å². The average molecular weight is 270 g/mol. The molecule has 17 heavy (non-hydrogen) atoms. The van der Waals surface area contributed by atoms with Gasteiger partial charge in [0.05, 0.1) is 23.1 Å². The molecule has 0 amide bonds. The molecule has 0 fully saturated rings. The van der Waals surface area contributed by atoms with E-state index in [4.69, 9.17) is 33.7 Å². The summed E-state index contributed by atoms with van der Waals surface area (Å²) >= 11 is 11.8. The van der Waals surface area contributed by atoms with Gasteiger partial charge < -0.3 is 10.5 Å². The predicted molar refractivity (Wildman–Crippen MR) is 67.2 cm³/mol. The molecule has 0 aliphatic heterocycles. The van der Waals surface area contributed by atoms with Gasteiger partial charge >= 0.3 is 0 Å². The Labute approximate surface area is 108 Å². The summed E-state index contributed by atoms with van der Waals surface area (Å²) in [5.41, 5.74) is 5.98. The maximum absolute atomic E-state index is 5.94. The lowest BCUT2D eigenvalue weighted by Crippen LogP contribution is -2.02. The quantitative estimate of drug-likeness (QED) is 0.931. The van der Waals surface area contributed by atoms with Gasteiger partial charge in [0.15, 0.2) is 5.82 Å². The van der Waals surface area contributed by atoms with Gasteiger partial charge in [0.25, 0.3) is 0 Å². The summed E-state index contributed by atoms with van der Waals surface area (Å²) in [6, 6.07) is 5.00. The highest BCUT2D eigenvalue weighted by molar-refractivity contribution is 6.34. The number of anilines is 1. The van der Waals surface area contributed by atoms with Gasteiger partial charge in [-0.15, -0.1) is 0 Å². The average Bonchev–Trinajstić information content (AvgIpc) is 2.32. The Bertz CT molecular complexity index is 517. The van der Waals surface area contributed by atoms with Crippen LogP contribution in [0.4, 0.5) is 5.69 Å². The van der Waals surface area contributed by atoms with Crippen LogP contribution in [0, 0.1) is 0 Å². The fourth-order valence-electron chi connectivity index (χ4n) is 1.17. The molecule has 2 rings (SSSR count). The number of nitrogens with two attached hydrogens (primary N) is 1. The molecular formula is C11H9Cl2N3O. The minimum atomic E-state index is 0.209. The molecule has 0 radical (unpaired) electrons. The number of benzene rings is 1. The summed E-state index contributed by atoms with van der Waals surface area (Å²) in [5, 5.41) is 1.05. The van der Waals surface area contributed by atoms with Gasteiger partial charge in [-0.2, -0.15) is 0 Å². The van der Waals surface area contributed by atoms with Crippen molar-refractivity contribution < 1.29 is 4.74 Å². The Kier molecular flexibility index (Phi) is 3.66. The molecule has 0 bridgehead atoms. The van der Waals surface area contributed by atoms with Crippen LogP contribution in [0.15, 0.2) is 30.6 Å². The molecule has 1 aromatic carbocycles. The van der Waals surface area contributed by atoms with E-state index in [1.807, 2.05) is 0 Å². The van der Waals surface area contributed by atoms with E-state index in [0.29, 0.717) is 27.3 Å². The summed E-state index contributed by atoms with van der Waals surface area (Å²) in [6.07, 6.45) is 3.04. The standard InChI is InChI=1S/C11H9Cl2N3O/c12-7-1-2-9(13)10(3-7)17-6-11-15-4-8(14)5-16-11/h1-5H,6,14H2. The molecule has 0 atom stereocenters. The zero-order valence-corrected chi connectivity index (χ0v) is 10.2. The second kappa shape index (κ2) is 5.21. The summed E-state index contributed by atoms with van der Waals surface area (Å²) in [6.45, 7) is 0.209. The van der Waals surface area contributed by atoms with Gasteiger partial charge in [-0.3, -0.25) is 0 Å². The van der Waals surface area contributed by atoms with Crippen LogP contribution in [0.3, 0.4) is 0 Å². The first-order chi connectivity index (χ1) is 8.15. The zero-order valence-electron chi connectivity index (χ0n) is 8.73. The molecule has 2 N–H and O–H groups in total. The van der Waals surface area contributed by atoms with Crippen molar-refractivity contribution in [2.24, 2.45) is 0 Å². The van der Waals surface area contributed by atoms with Crippen LogP contribution < -0.4 is 10.5 Å². The Hall–Kier alpha value is -1.52. The van der Waals surface area contributed by atoms with Gasteiger partial charge in [0.1, 0.15) is 12.4 Å². The van der Waals surface area contributed by atoms with Crippen molar-refractivity contribution in [2.45, 2.75) is 6.61 Å². The number of hydrogen-bond donors (Lipinski definition) is 1. The number of nitrogen functional groups attached to an aromatic ring is 1. The molecule has 0 aliphatic carbocycles. The Balaban J connectivity index is 2.07. The third-order valence-electron chi connectivity index (χ3n) is 1.98. The lowest BCUT2D eigenvalue weighted by molar-refractivity contribution is 0.296. The SMILES string of the molecule is Nc1cnc(COc2cc(Cl)ccc2Cl)nc1. The minimum absolute atomic E-state index is 0.209. The summed E-state index contributed by atoms with van der Waals surface area (Å²) in [7, 11) is 0. The van der Waals surface area contributed by atoms with E-state index < -0.39 is 0 Å². The predicted octanol–water partition coefficient (Wildman–Crippen LogP) is 2.94. The van der Waals surface area contributed by atoms with E-state index >= 15 is 0 Å². The molecular weight excluding hydrogens is 261 g/mol. The van der Waals surface area contributed by atoms with E-state index in [1.54, 1.807) is 18.2 Å². The second-order valence-electron chi connectivity index (χ2n) is 3.30. The highest BCUT2D eigenvalue weighted by Crippen LogP contribution is 2.28. The molecule has 0 aliphatic rings. The molecule has 1 heterocycles. The third-order valence-corrected chi connectivity index (χ3v) is 2.52. The number of halogens is 2. The van der Waals surface area contributed by atoms with Crippen molar-refractivity contribution in [1.82, 2.24) is 9.97 Å². The van der Waals surface area contributed by atoms with Gasteiger partial charge in [-0.1, -0.05) is 23.2 Å². The summed E-state index contributed by atoms with van der Waals surface area (Å²) in [5.74, 6) is 1.02. The molecule has 2 aromatic rings. The Morgan fingerprint density at radius 2 is 1.88 bits per heavy atom. The van der Waals surface area contributed by atoms with E-state index in [1.165, 1.54) is 12.4 Å². The smallest absolute Gasteiger partial charge is 0.166 e. The van der Waals surface area contributed by atoms with E-state index in [9.17, 15) is 0 Å². The topological polar surface area (TPSA) is 61.0 Å². The first-order valence-electron chi connectivity index (χ1n) is 4.79. The van der Waals surface area contributed by atoms with Gasteiger partial charge in [0.2, 0.25) is 0 Å². The van der Waals surface area contributed by atoms with Crippen molar-refractivity contribution in [1.29, 1.82) is 0 Å². The van der Waals surface area contributed by atoms with E-state index in [-0.39, 0.29) is 6.61 Å². The normalized spacial score (nSPS) is 10.2.